The van der Waals surface area contributed by atoms with Crippen LogP contribution in [0.25, 0.3) is 0 Å². The average molecular weight is 270 g/mol. The van der Waals surface area contributed by atoms with Crippen LogP contribution in [0.3, 0.4) is 0 Å². The van der Waals surface area contributed by atoms with Crippen molar-refractivity contribution in [1.29, 1.82) is 0 Å². The van der Waals surface area contributed by atoms with E-state index in [0.717, 1.165) is 0 Å². The van der Waals surface area contributed by atoms with Gasteiger partial charge >= 0.3 is 5.97 Å². The van der Waals surface area contributed by atoms with E-state index in [4.69, 9.17) is 4.74 Å². The number of hydrogen-bond donors (Lipinski definition) is 2. The first-order chi connectivity index (χ1) is 8.44. The van der Waals surface area contributed by atoms with Crippen molar-refractivity contribution in [3.8, 4) is 0 Å². The number of carboxylic acid groups (broad SMARTS) is 1. The quantitative estimate of drug-likeness (QED) is 0.801. The Kier molecular flexibility index (Phi) is 3.83. The number of hydrogen-bond acceptors (Lipinski definition) is 4. The minimum atomic E-state index is -1.66. The van der Waals surface area contributed by atoms with Gasteiger partial charge in [0.2, 0.25) is 6.29 Å². The zero-order chi connectivity index (χ0) is 15.2. The molecule has 0 aromatic carbocycles. The van der Waals surface area contributed by atoms with Crippen molar-refractivity contribution in [3.63, 3.8) is 0 Å². The number of aliphatic carboxylic acids is 1. The summed E-state index contributed by atoms with van der Waals surface area (Å²) in [7, 11) is 0. The van der Waals surface area contributed by atoms with Gasteiger partial charge in [0, 0.05) is 5.41 Å². The van der Waals surface area contributed by atoms with Crippen LogP contribution in [0.4, 0.5) is 0 Å². The highest BCUT2D eigenvalue weighted by Gasteiger charge is 2.56. The Morgan fingerprint density at radius 1 is 1.32 bits per heavy atom. The van der Waals surface area contributed by atoms with Crippen LogP contribution in [-0.2, 0) is 14.3 Å². The van der Waals surface area contributed by atoms with Gasteiger partial charge in [0.1, 0.15) is 17.0 Å². The van der Waals surface area contributed by atoms with Crippen LogP contribution in [0.2, 0.25) is 0 Å². The van der Waals surface area contributed by atoms with Crippen molar-refractivity contribution in [1.82, 2.24) is 0 Å². The molecular formula is C14H22O5. The van der Waals surface area contributed by atoms with Crippen LogP contribution < -0.4 is 0 Å². The second kappa shape index (κ2) is 4.63. The number of carbonyl (C=O) groups excluding carboxylic acids is 1. The molecule has 0 radical (unpaired) electrons. The van der Waals surface area contributed by atoms with E-state index in [9.17, 15) is 19.8 Å². The van der Waals surface area contributed by atoms with Crippen LogP contribution in [0.1, 0.15) is 41.5 Å². The number of aliphatic hydroxyl groups is 1. The Morgan fingerprint density at radius 2 is 1.79 bits per heavy atom. The van der Waals surface area contributed by atoms with Gasteiger partial charge < -0.3 is 14.9 Å². The molecule has 0 aliphatic carbocycles. The van der Waals surface area contributed by atoms with E-state index in [2.05, 4.69) is 0 Å². The number of carboxylic acids is 1. The topological polar surface area (TPSA) is 83.8 Å². The maximum absolute atomic E-state index is 11.9. The number of rotatable bonds is 2. The van der Waals surface area contributed by atoms with Crippen LogP contribution >= 0.6 is 0 Å². The normalized spacial score (nSPS) is 31.9. The highest BCUT2D eigenvalue weighted by molar-refractivity contribution is 5.90. The first-order valence-corrected chi connectivity index (χ1v) is 6.23. The third-order valence-electron chi connectivity index (χ3n) is 3.68. The Balaban J connectivity index is 3.51. The van der Waals surface area contributed by atoms with Gasteiger partial charge in [-0.25, -0.2) is 0 Å². The van der Waals surface area contributed by atoms with Gasteiger partial charge in [0.25, 0.3) is 0 Å². The summed E-state index contributed by atoms with van der Waals surface area (Å²) >= 11 is 0. The number of ether oxygens (including phenoxy) is 1. The monoisotopic (exact) mass is 270 g/mol. The molecular weight excluding hydrogens is 248 g/mol. The largest absolute Gasteiger partial charge is 0.481 e. The Labute approximate surface area is 113 Å². The molecule has 108 valence electrons. The first kappa shape index (κ1) is 15.7. The van der Waals surface area contributed by atoms with Crippen molar-refractivity contribution in [3.05, 3.63) is 11.3 Å². The SMILES string of the molecule is CC(=O)C1C(C)=C(C(C)(C)C)OC(O)C1(C)C(=O)O. The Bertz CT molecular complexity index is 443. The molecule has 0 saturated heterocycles. The van der Waals surface area contributed by atoms with Crippen molar-refractivity contribution < 1.29 is 24.5 Å². The number of ketones is 1. The lowest BCUT2D eigenvalue weighted by Gasteiger charge is -2.44. The Hall–Kier alpha value is -1.36. The molecule has 5 heteroatoms. The van der Waals surface area contributed by atoms with Gasteiger partial charge in [-0.05, 0) is 26.3 Å². The summed E-state index contributed by atoms with van der Waals surface area (Å²) in [5.74, 6) is -1.93. The molecule has 5 nitrogen and oxygen atoms in total. The zero-order valence-corrected chi connectivity index (χ0v) is 12.3. The summed E-state index contributed by atoms with van der Waals surface area (Å²) in [6, 6.07) is 0. The van der Waals surface area contributed by atoms with Crippen LogP contribution in [0.5, 0.6) is 0 Å². The van der Waals surface area contributed by atoms with Gasteiger partial charge in [-0.3, -0.25) is 9.59 Å². The molecule has 0 aromatic rings. The van der Waals surface area contributed by atoms with Crippen molar-refractivity contribution in [2.75, 3.05) is 0 Å². The average Bonchev–Trinajstić information content (AvgIpc) is 2.21. The maximum Gasteiger partial charge on any atom is 0.316 e. The molecule has 3 atom stereocenters. The van der Waals surface area contributed by atoms with E-state index in [1.807, 2.05) is 20.8 Å². The van der Waals surface area contributed by atoms with Crippen LogP contribution in [0, 0.1) is 16.7 Å². The van der Waals surface area contributed by atoms with Gasteiger partial charge in [0.05, 0.1) is 5.92 Å². The summed E-state index contributed by atoms with van der Waals surface area (Å²) in [6.07, 6.45) is -1.54. The zero-order valence-electron chi connectivity index (χ0n) is 12.3. The molecule has 19 heavy (non-hydrogen) atoms. The molecule has 0 saturated carbocycles. The summed E-state index contributed by atoms with van der Waals surface area (Å²) in [5.41, 5.74) is -1.49. The van der Waals surface area contributed by atoms with E-state index < -0.39 is 29.0 Å². The van der Waals surface area contributed by atoms with E-state index in [-0.39, 0.29) is 5.78 Å². The molecule has 0 amide bonds. The molecule has 0 bridgehead atoms. The minimum Gasteiger partial charge on any atom is -0.481 e. The van der Waals surface area contributed by atoms with Gasteiger partial charge in [0.15, 0.2) is 0 Å². The number of allylic oxidation sites excluding steroid dienone is 2. The predicted octanol–water partition coefficient (Wildman–Crippen LogP) is 1.95. The lowest BCUT2D eigenvalue weighted by molar-refractivity contribution is -0.205. The summed E-state index contributed by atoms with van der Waals surface area (Å²) < 4.78 is 5.42. The third kappa shape index (κ3) is 2.39. The van der Waals surface area contributed by atoms with Gasteiger partial charge in [-0.15, -0.1) is 0 Å². The molecule has 0 fully saturated rings. The molecule has 0 aromatic heterocycles. The molecule has 1 aliphatic heterocycles. The molecule has 1 rings (SSSR count). The van der Waals surface area contributed by atoms with E-state index in [0.29, 0.717) is 11.3 Å². The van der Waals surface area contributed by atoms with Crippen LogP contribution in [0.15, 0.2) is 11.3 Å². The molecule has 1 heterocycles. The Morgan fingerprint density at radius 3 is 2.11 bits per heavy atom. The fourth-order valence-corrected chi connectivity index (χ4v) is 2.77. The predicted molar refractivity (Wildman–Crippen MR) is 69.2 cm³/mol. The van der Waals surface area contributed by atoms with Gasteiger partial charge in [-0.1, -0.05) is 20.8 Å². The lowest BCUT2D eigenvalue weighted by Crippen LogP contribution is -2.53. The highest BCUT2D eigenvalue weighted by atomic mass is 16.6. The number of aliphatic hydroxyl groups excluding tert-OH is 1. The minimum absolute atomic E-state index is 0.286. The highest BCUT2D eigenvalue weighted by Crippen LogP contribution is 2.47. The summed E-state index contributed by atoms with van der Waals surface area (Å²) in [6.45, 7) is 10.0. The fourth-order valence-electron chi connectivity index (χ4n) is 2.77. The van der Waals surface area contributed by atoms with E-state index in [1.165, 1.54) is 13.8 Å². The molecule has 1 aliphatic rings. The second-order valence-electron chi connectivity index (χ2n) is 6.36. The van der Waals surface area contributed by atoms with Crippen molar-refractivity contribution in [2.45, 2.75) is 47.8 Å². The number of carbonyl (C=O) groups is 2. The van der Waals surface area contributed by atoms with E-state index >= 15 is 0 Å². The fraction of sp³-hybridized carbons (Fsp3) is 0.714. The summed E-state index contributed by atoms with van der Waals surface area (Å²) in [5, 5.41) is 19.5. The third-order valence-corrected chi connectivity index (χ3v) is 3.68. The van der Waals surface area contributed by atoms with Crippen molar-refractivity contribution in [2.24, 2.45) is 16.7 Å². The van der Waals surface area contributed by atoms with Crippen LogP contribution in [-0.4, -0.2) is 28.3 Å². The molecule has 3 unspecified atom stereocenters. The number of Topliss-reactive ketones (excluding diaryl/α,β-unsaturated/α-hetero) is 1. The summed E-state index contributed by atoms with van der Waals surface area (Å²) in [4.78, 5) is 23.4. The molecule has 0 spiro atoms. The second-order valence-corrected chi connectivity index (χ2v) is 6.36. The van der Waals surface area contributed by atoms with Gasteiger partial charge in [-0.2, -0.15) is 0 Å². The van der Waals surface area contributed by atoms with Crippen molar-refractivity contribution >= 4 is 11.8 Å². The first-order valence-electron chi connectivity index (χ1n) is 6.23. The molecule has 2 N–H and O–H groups in total. The lowest BCUT2D eigenvalue weighted by atomic mass is 9.67. The maximum atomic E-state index is 11.9. The smallest absolute Gasteiger partial charge is 0.316 e. The van der Waals surface area contributed by atoms with E-state index in [1.54, 1.807) is 6.92 Å². The standard InChI is InChI=1S/C14H22O5/c1-7-9(8(2)15)14(6,11(16)17)12(18)19-10(7)13(3,4)5/h9,12,18H,1-6H3,(H,16,17).